The average Bonchev–Trinajstić information content (AvgIpc) is 2.36. The molecule has 0 unspecified atom stereocenters. The van der Waals surface area contributed by atoms with Crippen molar-refractivity contribution < 1.29 is 31.1 Å². The second-order valence-corrected chi connectivity index (χ2v) is 6.37. The van der Waals surface area contributed by atoms with Crippen LogP contribution in [0.15, 0.2) is 23.1 Å². The monoisotopic (exact) mass is 339 g/mol. The largest absolute Gasteiger partial charge is 0.411 e. The Bertz CT molecular complexity index is 641. The van der Waals surface area contributed by atoms with Gasteiger partial charge in [0.2, 0.25) is 5.91 Å². The third-order valence-corrected chi connectivity index (χ3v) is 4.15. The Labute approximate surface area is 126 Å². The molecule has 0 spiro atoms. The normalized spacial score (nSPS) is 12.2. The molecule has 0 aromatic heterocycles. The molecule has 0 aliphatic rings. The number of amides is 1. The molecule has 1 amide bonds. The number of aryl methyl sites for hydroxylation is 2. The lowest BCUT2D eigenvalue weighted by atomic mass is 10.1. The zero-order valence-electron chi connectivity index (χ0n) is 12.0. The van der Waals surface area contributed by atoms with Gasteiger partial charge in [-0.15, -0.1) is 0 Å². The predicted octanol–water partition coefficient (Wildman–Crippen LogP) is 2.08. The lowest BCUT2D eigenvalue weighted by Crippen LogP contribution is -2.31. The Balaban J connectivity index is 2.57. The van der Waals surface area contributed by atoms with Gasteiger partial charge in [0.15, 0.2) is 0 Å². The lowest BCUT2D eigenvalue weighted by Gasteiger charge is -2.10. The molecule has 5 nitrogen and oxygen atoms in total. The summed E-state index contributed by atoms with van der Waals surface area (Å²) in [5, 5.41) is 0. The maximum atomic E-state index is 11.9. The predicted molar refractivity (Wildman–Crippen MR) is 72.7 cm³/mol. The van der Waals surface area contributed by atoms with E-state index in [0.29, 0.717) is 0 Å². The van der Waals surface area contributed by atoms with Gasteiger partial charge >= 0.3 is 6.18 Å². The molecule has 0 heterocycles. The van der Waals surface area contributed by atoms with Gasteiger partial charge in [-0.2, -0.15) is 13.2 Å². The van der Waals surface area contributed by atoms with E-state index in [9.17, 15) is 26.4 Å². The quantitative estimate of drug-likeness (QED) is 0.806. The second-order valence-electron chi connectivity index (χ2n) is 4.69. The number of carbonyl (C=O) groups excluding carboxylic acids is 1. The molecule has 0 aliphatic carbocycles. The van der Waals surface area contributed by atoms with E-state index in [1.807, 2.05) is 6.92 Å². The van der Waals surface area contributed by atoms with Crippen molar-refractivity contribution in [2.24, 2.45) is 0 Å². The van der Waals surface area contributed by atoms with Crippen molar-refractivity contribution in [2.45, 2.75) is 31.3 Å². The Morgan fingerprint density at radius 1 is 1.23 bits per heavy atom. The number of ether oxygens (including phenoxy) is 1. The van der Waals surface area contributed by atoms with E-state index in [4.69, 9.17) is 0 Å². The van der Waals surface area contributed by atoms with E-state index in [0.717, 1.165) is 11.1 Å². The number of halogens is 3. The molecular formula is C13H16F3NO4S. The van der Waals surface area contributed by atoms with Crippen LogP contribution in [0, 0.1) is 13.8 Å². The smallest absolute Gasteiger partial charge is 0.372 e. The molecule has 0 atom stereocenters. The van der Waals surface area contributed by atoms with Gasteiger partial charge in [-0.05, 0) is 37.1 Å². The highest BCUT2D eigenvalue weighted by atomic mass is 32.2. The fraction of sp³-hybridized carbons (Fsp3) is 0.462. The summed E-state index contributed by atoms with van der Waals surface area (Å²) in [6, 6.07) is 4.35. The summed E-state index contributed by atoms with van der Waals surface area (Å²) in [4.78, 5) is 11.4. The number of rotatable bonds is 6. The van der Waals surface area contributed by atoms with Gasteiger partial charge in [-0.3, -0.25) is 4.79 Å². The molecule has 0 aliphatic heterocycles. The highest BCUT2D eigenvalue weighted by molar-refractivity contribution is 7.90. The van der Waals surface area contributed by atoms with Gasteiger partial charge in [-0.25, -0.2) is 13.1 Å². The highest BCUT2D eigenvalue weighted by Crippen LogP contribution is 2.15. The van der Waals surface area contributed by atoms with Crippen LogP contribution in [0.1, 0.15) is 17.5 Å². The fourth-order valence-corrected chi connectivity index (χ4v) is 2.59. The van der Waals surface area contributed by atoms with Gasteiger partial charge < -0.3 is 4.74 Å². The SMILES string of the molecule is Cc1ccc(S(=O)(=O)NC(=O)CCOCC(F)(F)F)cc1C. The molecule has 0 radical (unpaired) electrons. The number of alkyl halides is 3. The molecule has 1 aromatic carbocycles. The summed E-state index contributed by atoms with van der Waals surface area (Å²) in [5.74, 6) is -0.930. The summed E-state index contributed by atoms with van der Waals surface area (Å²) < 4.78 is 65.4. The number of benzene rings is 1. The Morgan fingerprint density at radius 2 is 1.86 bits per heavy atom. The van der Waals surface area contributed by atoms with Crippen molar-refractivity contribution in [3.05, 3.63) is 29.3 Å². The number of carbonyl (C=O) groups is 1. The first-order chi connectivity index (χ1) is 10.0. The average molecular weight is 339 g/mol. The van der Waals surface area contributed by atoms with Gasteiger partial charge in [0.05, 0.1) is 17.9 Å². The molecule has 0 fully saturated rings. The van der Waals surface area contributed by atoms with E-state index in [2.05, 4.69) is 4.74 Å². The summed E-state index contributed by atoms with van der Waals surface area (Å²) in [6.07, 6.45) is -4.97. The van der Waals surface area contributed by atoms with E-state index in [1.54, 1.807) is 17.7 Å². The lowest BCUT2D eigenvalue weighted by molar-refractivity contribution is -0.174. The minimum Gasteiger partial charge on any atom is -0.372 e. The van der Waals surface area contributed by atoms with Crippen molar-refractivity contribution in [3.8, 4) is 0 Å². The van der Waals surface area contributed by atoms with Crippen LogP contribution in [0.4, 0.5) is 13.2 Å². The first-order valence-electron chi connectivity index (χ1n) is 6.29. The van der Waals surface area contributed by atoms with Crippen LogP contribution in [0.25, 0.3) is 0 Å². The molecule has 1 aromatic rings. The van der Waals surface area contributed by atoms with E-state index in [-0.39, 0.29) is 4.90 Å². The molecule has 22 heavy (non-hydrogen) atoms. The van der Waals surface area contributed by atoms with Gasteiger partial charge in [0.1, 0.15) is 6.61 Å². The highest BCUT2D eigenvalue weighted by Gasteiger charge is 2.27. The molecule has 0 bridgehead atoms. The third-order valence-electron chi connectivity index (χ3n) is 2.78. The van der Waals surface area contributed by atoms with Crippen LogP contribution in [0.5, 0.6) is 0 Å². The van der Waals surface area contributed by atoms with Crippen molar-refractivity contribution in [1.82, 2.24) is 4.72 Å². The summed E-state index contributed by atoms with van der Waals surface area (Å²) >= 11 is 0. The first kappa shape index (κ1) is 18.4. The van der Waals surface area contributed by atoms with E-state index < -0.39 is 41.7 Å². The maximum Gasteiger partial charge on any atom is 0.411 e. The Hall–Kier alpha value is -1.61. The molecule has 124 valence electrons. The van der Waals surface area contributed by atoms with Crippen LogP contribution in [-0.2, 0) is 19.6 Å². The van der Waals surface area contributed by atoms with Gasteiger partial charge in [-0.1, -0.05) is 6.07 Å². The van der Waals surface area contributed by atoms with E-state index >= 15 is 0 Å². The van der Waals surface area contributed by atoms with Gasteiger partial charge in [0, 0.05) is 0 Å². The molecule has 1 rings (SSSR count). The molecular weight excluding hydrogens is 323 g/mol. The Morgan fingerprint density at radius 3 is 2.41 bits per heavy atom. The molecule has 1 N–H and O–H groups in total. The van der Waals surface area contributed by atoms with Crippen molar-refractivity contribution in [1.29, 1.82) is 0 Å². The zero-order chi connectivity index (χ0) is 17.0. The van der Waals surface area contributed by atoms with Crippen LogP contribution in [0.3, 0.4) is 0 Å². The number of hydrogen-bond acceptors (Lipinski definition) is 4. The van der Waals surface area contributed by atoms with Crippen molar-refractivity contribution in [2.75, 3.05) is 13.2 Å². The van der Waals surface area contributed by atoms with Crippen molar-refractivity contribution in [3.63, 3.8) is 0 Å². The van der Waals surface area contributed by atoms with Crippen LogP contribution < -0.4 is 4.72 Å². The molecule has 0 saturated carbocycles. The summed E-state index contributed by atoms with van der Waals surface area (Å²) in [6.45, 7) is 1.53. The summed E-state index contributed by atoms with van der Waals surface area (Å²) in [5.41, 5.74) is 1.63. The van der Waals surface area contributed by atoms with Crippen LogP contribution in [-0.4, -0.2) is 33.7 Å². The number of nitrogens with one attached hydrogen (secondary N) is 1. The van der Waals surface area contributed by atoms with Crippen molar-refractivity contribution >= 4 is 15.9 Å². The maximum absolute atomic E-state index is 11.9. The number of hydrogen-bond donors (Lipinski definition) is 1. The topological polar surface area (TPSA) is 72.5 Å². The van der Waals surface area contributed by atoms with Crippen LogP contribution in [0.2, 0.25) is 0 Å². The van der Waals surface area contributed by atoms with Crippen LogP contribution >= 0.6 is 0 Å². The minimum atomic E-state index is -4.48. The fourth-order valence-electron chi connectivity index (χ4n) is 1.49. The van der Waals surface area contributed by atoms with Gasteiger partial charge in [0.25, 0.3) is 10.0 Å². The zero-order valence-corrected chi connectivity index (χ0v) is 12.8. The Kier molecular flexibility index (Phi) is 5.95. The first-order valence-corrected chi connectivity index (χ1v) is 7.77. The number of sulfonamides is 1. The summed E-state index contributed by atoms with van der Waals surface area (Å²) in [7, 11) is -4.04. The standard InChI is InChI=1S/C13H16F3NO4S/c1-9-3-4-11(7-10(9)2)22(19,20)17-12(18)5-6-21-8-13(14,15)16/h3-4,7H,5-6,8H2,1-2H3,(H,17,18). The minimum absolute atomic E-state index is 0.0832. The third kappa shape index (κ3) is 6.02. The molecule has 0 saturated heterocycles. The second kappa shape index (κ2) is 7.10. The van der Waals surface area contributed by atoms with E-state index in [1.165, 1.54) is 12.1 Å². The molecule has 9 heteroatoms.